The first-order valence-electron chi connectivity index (χ1n) is 6.40. The Hall–Kier alpha value is -2.95. The van der Waals surface area contributed by atoms with Crippen LogP contribution in [-0.4, -0.2) is 22.0 Å². The fourth-order valence-electron chi connectivity index (χ4n) is 1.94. The van der Waals surface area contributed by atoms with Crippen LogP contribution in [-0.2, 0) is 0 Å². The maximum atomic E-state index is 9.49. The van der Waals surface area contributed by atoms with E-state index < -0.39 is 0 Å². The normalized spacial score (nSPS) is 10.3. The predicted octanol–water partition coefficient (Wildman–Crippen LogP) is 3.38. The number of hydrogen-bond acceptors (Lipinski definition) is 4. The van der Waals surface area contributed by atoms with Crippen molar-refractivity contribution in [2.24, 2.45) is 0 Å². The molecule has 0 bridgehead atoms. The molecule has 21 heavy (non-hydrogen) atoms. The first-order valence-corrected chi connectivity index (χ1v) is 6.40. The Bertz CT molecular complexity index is 753. The minimum atomic E-state index is 0.193. The van der Waals surface area contributed by atoms with Crippen LogP contribution in [0.25, 0.3) is 5.69 Å². The molecular formula is C16H14N2O3. The van der Waals surface area contributed by atoms with Gasteiger partial charge in [0.1, 0.15) is 17.2 Å². The number of rotatable bonds is 4. The summed E-state index contributed by atoms with van der Waals surface area (Å²) in [7, 11) is 1.61. The summed E-state index contributed by atoms with van der Waals surface area (Å²) >= 11 is 0. The SMILES string of the molecule is COc1cccc(Oc2cnn(-c3cccc(O)c3)c2)c1. The molecule has 1 N–H and O–H groups in total. The monoisotopic (exact) mass is 282 g/mol. The Labute approximate surface area is 122 Å². The van der Waals surface area contributed by atoms with Crippen LogP contribution in [0.4, 0.5) is 0 Å². The Morgan fingerprint density at radius 1 is 1.00 bits per heavy atom. The Morgan fingerprint density at radius 2 is 1.81 bits per heavy atom. The highest BCUT2D eigenvalue weighted by Gasteiger charge is 2.04. The minimum absolute atomic E-state index is 0.193. The van der Waals surface area contributed by atoms with Crippen LogP contribution in [0.3, 0.4) is 0 Å². The molecule has 3 aromatic rings. The van der Waals surface area contributed by atoms with E-state index in [4.69, 9.17) is 9.47 Å². The van der Waals surface area contributed by atoms with Crippen molar-refractivity contribution < 1.29 is 14.6 Å². The highest BCUT2D eigenvalue weighted by molar-refractivity contribution is 5.40. The van der Waals surface area contributed by atoms with E-state index in [9.17, 15) is 5.11 Å². The quantitative estimate of drug-likeness (QED) is 0.797. The number of aromatic nitrogens is 2. The summed E-state index contributed by atoms with van der Waals surface area (Å²) in [5.41, 5.74) is 0.760. The van der Waals surface area contributed by atoms with Crippen LogP contribution in [0.1, 0.15) is 0 Å². The van der Waals surface area contributed by atoms with Gasteiger partial charge in [-0.25, -0.2) is 4.68 Å². The minimum Gasteiger partial charge on any atom is -0.508 e. The summed E-state index contributed by atoms with van der Waals surface area (Å²) in [5.74, 6) is 2.20. The second-order valence-electron chi connectivity index (χ2n) is 4.42. The van der Waals surface area contributed by atoms with Gasteiger partial charge in [0, 0.05) is 12.1 Å². The molecule has 1 aromatic heterocycles. The molecule has 0 saturated carbocycles. The predicted molar refractivity (Wildman–Crippen MR) is 78.3 cm³/mol. The summed E-state index contributed by atoms with van der Waals surface area (Å²) < 4.78 is 12.5. The fourth-order valence-corrected chi connectivity index (χ4v) is 1.94. The van der Waals surface area contributed by atoms with Gasteiger partial charge in [0.15, 0.2) is 5.75 Å². The van der Waals surface area contributed by atoms with E-state index in [1.54, 1.807) is 48.5 Å². The van der Waals surface area contributed by atoms with Gasteiger partial charge in [-0.3, -0.25) is 0 Å². The Kier molecular flexibility index (Phi) is 3.47. The summed E-state index contributed by atoms with van der Waals surface area (Å²) in [5, 5.41) is 13.7. The van der Waals surface area contributed by atoms with Crippen molar-refractivity contribution >= 4 is 0 Å². The second-order valence-corrected chi connectivity index (χ2v) is 4.42. The lowest BCUT2D eigenvalue weighted by molar-refractivity contribution is 0.409. The first-order chi connectivity index (χ1) is 10.2. The number of phenols is 1. The number of ether oxygens (including phenoxy) is 2. The van der Waals surface area contributed by atoms with Crippen LogP contribution in [0.2, 0.25) is 0 Å². The zero-order valence-electron chi connectivity index (χ0n) is 11.4. The third-order valence-corrected chi connectivity index (χ3v) is 2.93. The molecule has 0 aliphatic carbocycles. The van der Waals surface area contributed by atoms with Crippen molar-refractivity contribution in [2.45, 2.75) is 0 Å². The Morgan fingerprint density at radius 3 is 2.62 bits per heavy atom. The highest BCUT2D eigenvalue weighted by Crippen LogP contribution is 2.25. The molecule has 0 aliphatic rings. The van der Waals surface area contributed by atoms with Crippen molar-refractivity contribution in [1.82, 2.24) is 9.78 Å². The van der Waals surface area contributed by atoms with Crippen LogP contribution in [0, 0.1) is 0 Å². The largest absolute Gasteiger partial charge is 0.508 e. The smallest absolute Gasteiger partial charge is 0.165 e. The molecule has 0 fully saturated rings. The van der Waals surface area contributed by atoms with Gasteiger partial charge < -0.3 is 14.6 Å². The van der Waals surface area contributed by atoms with E-state index in [1.165, 1.54) is 0 Å². The molecule has 1 heterocycles. The van der Waals surface area contributed by atoms with Crippen LogP contribution in [0.15, 0.2) is 60.9 Å². The number of methoxy groups -OCH3 is 1. The van der Waals surface area contributed by atoms with Crippen molar-refractivity contribution in [3.8, 4) is 28.7 Å². The van der Waals surface area contributed by atoms with Crippen LogP contribution >= 0.6 is 0 Å². The third kappa shape index (κ3) is 2.97. The summed E-state index contributed by atoms with van der Waals surface area (Å²) in [6, 6.07) is 14.2. The van der Waals surface area contributed by atoms with E-state index in [-0.39, 0.29) is 5.75 Å². The summed E-state index contributed by atoms with van der Waals surface area (Å²) in [4.78, 5) is 0. The number of benzene rings is 2. The van der Waals surface area contributed by atoms with Crippen molar-refractivity contribution in [2.75, 3.05) is 7.11 Å². The van der Waals surface area contributed by atoms with Gasteiger partial charge in [0.2, 0.25) is 0 Å². The number of aromatic hydroxyl groups is 1. The van der Waals surface area contributed by atoms with Gasteiger partial charge in [-0.2, -0.15) is 5.10 Å². The van der Waals surface area contributed by atoms with Gasteiger partial charge in [-0.15, -0.1) is 0 Å². The average molecular weight is 282 g/mol. The maximum absolute atomic E-state index is 9.49. The van der Waals surface area contributed by atoms with Crippen molar-refractivity contribution in [3.05, 3.63) is 60.9 Å². The van der Waals surface area contributed by atoms with E-state index >= 15 is 0 Å². The molecule has 3 rings (SSSR count). The average Bonchev–Trinajstić information content (AvgIpc) is 2.96. The molecule has 0 aliphatic heterocycles. The topological polar surface area (TPSA) is 56.5 Å². The second kappa shape index (κ2) is 5.58. The third-order valence-electron chi connectivity index (χ3n) is 2.93. The molecular weight excluding hydrogens is 268 g/mol. The van der Waals surface area contributed by atoms with Gasteiger partial charge in [-0.05, 0) is 24.3 Å². The lowest BCUT2D eigenvalue weighted by Crippen LogP contribution is -1.92. The summed E-state index contributed by atoms with van der Waals surface area (Å²) in [6.07, 6.45) is 3.36. The summed E-state index contributed by atoms with van der Waals surface area (Å²) in [6.45, 7) is 0. The fraction of sp³-hybridized carbons (Fsp3) is 0.0625. The van der Waals surface area contributed by atoms with Crippen molar-refractivity contribution in [3.63, 3.8) is 0 Å². The van der Waals surface area contributed by atoms with Gasteiger partial charge in [-0.1, -0.05) is 12.1 Å². The van der Waals surface area contributed by atoms with E-state index in [0.29, 0.717) is 11.5 Å². The van der Waals surface area contributed by atoms with Crippen LogP contribution in [0.5, 0.6) is 23.0 Å². The Balaban J connectivity index is 1.81. The number of phenolic OH excluding ortho intramolecular Hbond substituents is 1. The lowest BCUT2D eigenvalue weighted by atomic mass is 10.3. The zero-order chi connectivity index (χ0) is 14.7. The lowest BCUT2D eigenvalue weighted by Gasteiger charge is -2.05. The molecule has 0 radical (unpaired) electrons. The van der Waals surface area contributed by atoms with Gasteiger partial charge in [0.25, 0.3) is 0 Å². The zero-order valence-corrected chi connectivity index (χ0v) is 11.4. The van der Waals surface area contributed by atoms with Gasteiger partial charge in [0.05, 0.1) is 25.2 Å². The maximum Gasteiger partial charge on any atom is 0.165 e. The van der Waals surface area contributed by atoms with E-state index in [0.717, 1.165) is 11.4 Å². The molecule has 106 valence electrons. The molecule has 5 nitrogen and oxygen atoms in total. The van der Waals surface area contributed by atoms with Gasteiger partial charge >= 0.3 is 0 Å². The number of hydrogen-bond donors (Lipinski definition) is 1. The van der Waals surface area contributed by atoms with E-state index in [2.05, 4.69) is 5.10 Å². The van der Waals surface area contributed by atoms with E-state index in [1.807, 2.05) is 24.3 Å². The first kappa shape index (κ1) is 13.1. The molecule has 0 atom stereocenters. The highest BCUT2D eigenvalue weighted by atomic mass is 16.5. The molecule has 0 amide bonds. The molecule has 0 unspecified atom stereocenters. The van der Waals surface area contributed by atoms with Crippen LogP contribution < -0.4 is 9.47 Å². The molecule has 0 spiro atoms. The molecule has 5 heteroatoms. The van der Waals surface area contributed by atoms with Crippen molar-refractivity contribution in [1.29, 1.82) is 0 Å². The molecule has 0 saturated heterocycles. The standard InChI is InChI=1S/C16H14N2O3/c1-20-14-6-3-7-15(9-14)21-16-10-17-18(11-16)12-4-2-5-13(19)8-12/h2-11,19H,1H3. The molecule has 2 aromatic carbocycles. The number of nitrogens with zero attached hydrogens (tertiary/aromatic N) is 2.